The molecule has 0 spiro atoms. The number of ketones is 1. The number of carbonyl (C=O) groups is 1. The molecule has 0 aromatic heterocycles. The van der Waals surface area contributed by atoms with Gasteiger partial charge in [-0.15, -0.1) is 0 Å². The van der Waals surface area contributed by atoms with Crippen LogP contribution in [-0.2, 0) is 11.2 Å². The molecule has 1 aromatic carbocycles. The third-order valence-electron chi connectivity index (χ3n) is 3.43. The number of Topliss-reactive ketones (excluding diaryl/α,β-unsaturated/α-hetero) is 1. The van der Waals surface area contributed by atoms with Crippen LogP contribution < -0.4 is 0 Å². The highest BCUT2D eigenvalue weighted by Gasteiger charge is 2.38. The second kappa shape index (κ2) is 5.01. The van der Waals surface area contributed by atoms with Gasteiger partial charge in [0.05, 0.1) is 0 Å². The zero-order valence-corrected chi connectivity index (χ0v) is 10.7. The van der Waals surface area contributed by atoms with E-state index >= 15 is 0 Å². The van der Waals surface area contributed by atoms with Gasteiger partial charge in [-0.2, -0.15) is 0 Å². The normalized spacial score (nSPS) is 23.9. The summed E-state index contributed by atoms with van der Waals surface area (Å²) in [7, 11) is 0. The third kappa shape index (κ3) is 2.58. The lowest BCUT2D eigenvalue weighted by Crippen LogP contribution is -2.34. The molecule has 2 rings (SSSR count). The van der Waals surface area contributed by atoms with E-state index in [-0.39, 0.29) is 5.78 Å². The maximum absolute atomic E-state index is 12.4. The molecule has 1 heterocycles. The summed E-state index contributed by atoms with van der Waals surface area (Å²) in [5, 5.41) is 0. The van der Waals surface area contributed by atoms with Crippen molar-refractivity contribution >= 4 is 5.78 Å². The van der Waals surface area contributed by atoms with E-state index in [1.54, 1.807) is 0 Å². The second-order valence-electron chi connectivity index (χ2n) is 4.96. The first-order chi connectivity index (χ1) is 8.15. The maximum atomic E-state index is 12.4. The van der Waals surface area contributed by atoms with Crippen molar-refractivity contribution in [2.45, 2.75) is 45.1 Å². The van der Waals surface area contributed by atoms with Crippen LogP contribution in [0.3, 0.4) is 0 Å². The quantitative estimate of drug-likeness (QED) is 0.744. The van der Waals surface area contributed by atoms with Crippen molar-refractivity contribution in [3.63, 3.8) is 0 Å². The Kier molecular flexibility index (Phi) is 3.63. The molecule has 0 aliphatic carbocycles. The Bertz CT molecular complexity index is 403. The van der Waals surface area contributed by atoms with Crippen molar-refractivity contribution in [2.75, 3.05) is 6.61 Å². The fourth-order valence-electron chi connectivity index (χ4n) is 2.42. The van der Waals surface area contributed by atoms with E-state index in [1.165, 1.54) is 5.56 Å². The molecule has 1 atom stereocenters. The average Bonchev–Trinajstić information content (AvgIpc) is 2.77. The fourth-order valence-corrected chi connectivity index (χ4v) is 2.42. The minimum atomic E-state index is -0.592. The van der Waals surface area contributed by atoms with Crippen LogP contribution in [0, 0.1) is 0 Å². The molecule has 1 aliphatic heterocycles. The molecule has 0 amide bonds. The molecule has 92 valence electrons. The maximum Gasteiger partial charge on any atom is 0.194 e. The van der Waals surface area contributed by atoms with Crippen LogP contribution in [0.1, 0.15) is 49.0 Å². The zero-order valence-electron chi connectivity index (χ0n) is 10.7. The lowest BCUT2D eigenvalue weighted by atomic mass is 9.91. The summed E-state index contributed by atoms with van der Waals surface area (Å²) < 4.78 is 5.61. The predicted molar refractivity (Wildman–Crippen MR) is 68.4 cm³/mol. The molecule has 1 saturated heterocycles. The predicted octanol–water partition coefficient (Wildman–Crippen LogP) is 3.39. The van der Waals surface area contributed by atoms with Gasteiger partial charge in [-0.05, 0) is 37.8 Å². The number of ether oxygens (including phenoxy) is 1. The molecule has 2 nitrogen and oxygen atoms in total. The molecule has 1 unspecified atom stereocenters. The topological polar surface area (TPSA) is 26.3 Å². The molecule has 1 aromatic rings. The van der Waals surface area contributed by atoms with E-state index in [4.69, 9.17) is 4.74 Å². The van der Waals surface area contributed by atoms with Gasteiger partial charge in [-0.25, -0.2) is 0 Å². The number of hydrogen-bond acceptors (Lipinski definition) is 2. The number of benzene rings is 1. The van der Waals surface area contributed by atoms with Gasteiger partial charge in [0.2, 0.25) is 0 Å². The van der Waals surface area contributed by atoms with Gasteiger partial charge < -0.3 is 4.74 Å². The third-order valence-corrected chi connectivity index (χ3v) is 3.43. The summed E-state index contributed by atoms with van der Waals surface area (Å²) in [5.41, 5.74) is 1.44. The Balaban J connectivity index is 2.21. The molecular weight excluding hydrogens is 212 g/mol. The minimum Gasteiger partial charge on any atom is -0.367 e. The Hall–Kier alpha value is -1.15. The van der Waals surface area contributed by atoms with E-state index < -0.39 is 5.60 Å². The summed E-state index contributed by atoms with van der Waals surface area (Å²) in [6, 6.07) is 7.96. The second-order valence-corrected chi connectivity index (χ2v) is 4.96. The number of hydrogen-bond donors (Lipinski definition) is 0. The van der Waals surface area contributed by atoms with Crippen molar-refractivity contribution in [3.05, 3.63) is 35.4 Å². The summed E-state index contributed by atoms with van der Waals surface area (Å²) in [5.74, 6) is 0.132. The lowest BCUT2D eigenvalue weighted by Gasteiger charge is -2.21. The standard InChI is InChI=1S/C15H20O2/c1-3-6-12-7-4-8-13(11-12)14(16)15(2)9-5-10-17-15/h4,7-8,11H,3,5-6,9-10H2,1-2H3. The van der Waals surface area contributed by atoms with Crippen molar-refractivity contribution in [1.82, 2.24) is 0 Å². The van der Waals surface area contributed by atoms with Gasteiger partial charge in [0, 0.05) is 12.2 Å². The van der Waals surface area contributed by atoms with Gasteiger partial charge >= 0.3 is 0 Å². The Morgan fingerprint density at radius 3 is 2.94 bits per heavy atom. The summed E-state index contributed by atoms with van der Waals surface area (Å²) in [6.07, 6.45) is 3.95. The van der Waals surface area contributed by atoms with Gasteiger partial charge in [-0.1, -0.05) is 31.5 Å². The van der Waals surface area contributed by atoms with Crippen LogP contribution >= 0.6 is 0 Å². The van der Waals surface area contributed by atoms with Gasteiger partial charge in [0.25, 0.3) is 0 Å². The molecule has 1 fully saturated rings. The van der Waals surface area contributed by atoms with Gasteiger partial charge in [0.15, 0.2) is 5.78 Å². The first-order valence-corrected chi connectivity index (χ1v) is 6.43. The molecule has 2 heteroatoms. The molecule has 0 bridgehead atoms. The molecular formula is C15H20O2. The monoisotopic (exact) mass is 232 g/mol. The summed E-state index contributed by atoms with van der Waals surface area (Å²) in [6.45, 7) is 4.77. The van der Waals surface area contributed by atoms with E-state index in [9.17, 15) is 4.79 Å². The number of rotatable bonds is 4. The van der Waals surface area contributed by atoms with Gasteiger partial charge in [-0.3, -0.25) is 4.79 Å². The lowest BCUT2D eigenvalue weighted by molar-refractivity contribution is 0.0213. The van der Waals surface area contributed by atoms with Crippen LogP contribution in [0.4, 0.5) is 0 Å². The van der Waals surface area contributed by atoms with Crippen molar-refractivity contribution in [1.29, 1.82) is 0 Å². The van der Waals surface area contributed by atoms with E-state index in [2.05, 4.69) is 13.0 Å². The molecule has 1 aliphatic rings. The van der Waals surface area contributed by atoms with Crippen LogP contribution in [0.15, 0.2) is 24.3 Å². The highest BCUT2D eigenvalue weighted by Crippen LogP contribution is 2.29. The van der Waals surface area contributed by atoms with Gasteiger partial charge in [0.1, 0.15) is 5.60 Å². The highest BCUT2D eigenvalue weighted by molar-refractivity contribution is 6.02. The molecule has 17 heavy (non-hydrogen) atoms. The molecule has 0 N–H and O–H groups in total. The summed E-state index contributed by atoms with van der Waals surface area (Å²) in [4.78, 5) is 12.4. The number of aryl methyl sites for hydroxylation is 1. The largest absolute Gasteiger partial charge is 0.367 e. The Morgan fingerprint density at radius 2 is 2.29 bits per heavy atom. The van der Waals surface area contributed by atoms with Crippen LogP contribution in [-0.4, -0.2) is 18.0 Å². The van der Waals surface area contributed by atoms with Crippen LogP contribution in [0.2, 0.25) is 0 Å². The smallest absolute Gasteiger partial charge is 0.194 e. The number of carbonyl (C=O) groups excluding carboxylic acids is 1. The Morgan fingerprint density at radius 1 is 1.47 bits per heavy atom. The van der Waals surface area contributed by atoms with E-state index in [0.717, 1.165) is 31.2 Å². The van der Waals surface area contributed by atoms with Crippen molar-refractivity contribution < 1.29 is 9.53 Å². The molecule has 0 saturated carbocycles. The molecule has 0 radical (unpaired) electrons. The summed E-state index contributed by atoms with van der Waals surface area (Å²) >= 11 is 0. The SMILES string of the molecule is CCCc1cccc(C(=O)C2(C)CCCO2)c1. The van der Waals surface area contributed by atoms with Crippen LogP contribution in [0.25, 0.3) is 0 Å². The fraction of sp³-hybridized carbons (Fsp3) is 0.533. The minimum absolute atomic E-state index is 0.132. The van der Waals surface area contributed by atoms with E-state index in [1.807, 2.05) is 25.1 Å². The highest BCUT2D eigenvalue weighted by atomic mass is 16.5. The van der Waals surface area contributed by atoms with E-state index in [0.29, 0.717) is 6.61 Å². The first-order valence-electron chi connectivity index (χ1n) is 6.43. The van der Waals surface area contributed by atoms with Crippen molar-refractivity contribution in [2.24, 2.45) is 0 Å². The van der Waals surface area contributed by atoms with Crippen LogP contribution in [0.5, 0.6) is 0 Å². The first kappa shape index (κ1) is 12.3. The average molecular weight is 232 g/mol. The Labute approximate surface area is 103 Å². The van der Waals surface area contributed by atoms with Crippen molar-refractivity contribution in [3.8, 4) is 0 Å². The zero-order chi connectivity index (χ0) is 12.3.